The maximum atomic E-state index is 11.7. The molecule has 1 aliphatic rings. The van der Waals surface area contributed by atoms with Crippen LogP contribution in [0.3, 0.4) is 0 Å². The SMILES string of the molecule is O=C(NCCN1CCCCC1)NCc1cccc(CO)c1. The number of nitrogens with one attached hydrogen (secondary N) is 2. The minimum atomic E-state index is -0.138. The van der Waals surface area contributed by atoms with E-state index < -0.39 is 0 Å². The molecule has 0 unspecified atom stereocenters. The van der Waals surface area contributed by atoms with Crippen LogP contribution in [0.15, 0.2) is 24.3 Å². The van der Waals surface area contributed by atoms with Crippen LogP contribution < -0.4 is 10.6 Å². The summed E-state index contributed by atoms with van der Waals surface area (Å²) in [5, 5.41) is 14.8. The highest BCUT2D eigenvalue weighted by molar-refractivity contribution is 5.73. The van der Waals surface area contributed by atoms with Crippen molar-refractivity contribution >= 4 is 6.03 Å². The fourth-order valence-electron chi connectivity index (χ4n) is 2.59. The smallest absolute Gasteiger partial charge is 0.315 e. The zero-order chi connectivity index (χ0) is 14.9. The molecular formula is C16H25N3O2. The number of aliphatic hydroxyl groups is 1. The fourth-order valence-corrected chi connectivity index (χ4v) is 2.59. The van der Waals surface area contributed by atoms with Crippen molar-refractivity contribution in [2.45, 2.75) is 32.4 Å². The molecule has 0 bridgehead atoms. The molecule has 1 heterocycles. The van der Waals surface area contributed by atoms with Crippen molar-refractivity contribution in [3.8, 4) is 0 Å². The van der Waals surface area contributed by atoms with Gasteiger partial charge in [-0.3, -0.25) is 0 Å². The Bertz CT molecular complexity index is 445. The number of likely N-dealkylation sites (tertiary alicyclic amines) is 1. The van der Waals surface area contributed by atoms with Crippen LogP contribution in [0.4, 0.5) is 4.79 Å². The van der Waals surface area contributed by atoms with Crippen LogP contribution in [0.2, 0.25) is 0 Å². The second-order valence-electron chi connectivity index (χ2n) is 5.49. The van der Waals surface area contributed by atoms with E-state index in [4.69, 9.17) is 5.11 Å². The third-order valence-corrected chi connectivity index (χ3v) is 3.79. The molecule has 2 rings (SSSR count). The Kier molecular flexibility index (Phi) is 6.50. The van der Waals surface area contributed by atoms with Crippen LogP contribution in [-0.2, 0) is 13.2 Å². The predicted octanol–water partition coefficient (Wildman–Crippen LogP) is 1.46. The largest absolute Gasteiger partial charge is 0.392 e. The van der Waals surface area contributed by atoms with Crippen LogP contribution in [0, 0.1) is 0 Å². The zero-order valence-electron chi connectivity index (χ0n) is 12.5. The average molecular weight is 291 g/mol. The van der Waals surface area contributed by atoms with Crippen molar-refractivity contribution in [1.29, 1.82) is 0 Å². The van der Waals surface area contributed by atoms with E-state index in [1.54, 1.807) is 0 Å². The summed E-state index contributed by atoms with van der Waals surface area (Å²) in [4.78, 5) is 14.1. The van der Waals surface area contributed by atoms with Gasteiger partial charge in [-0.05, 0) is 37.1 Å². The van der Waals surface area contributed by atoms with E-state index in [1.165, 1.54) is 19.3 Å². The van der Waals surface area contributed by atoms with Gasteiger partial charge in [-0.2, -0.15) is 0 Å². The van der Waals surface area contributed by atoms with Crippen LogP contribution in [-0.4, -0.2) is 42.2 Å². The zero-order valence-corrected chi connectivity index (χ0v) is 12.5. The number of amides is 2. The fraction of sp³-hybridized carbons (Fsp3) is 0.562. The van der Waals surface area contributed by atoms with Gasteiger partial charge in [-0.1, -0.05) is 30.7 Å². The van der Waals surface area contributed by atoms with Gasteiger partial charge in [0.1, 0.15) is 0 Å². The molecule has 21 heavy (non-hydrogen) atoms. The average Bonchev–Trinajstić information content (AvgIpc) is 2.54. The quantitative estimate of drug-likeness (QED) is 0.743. The molecule has 0 atom stereocenters. The molecule has 1 fully saturated rings. The van der Waals surface area contributed by atoms with Gasteiger partial charge in [0, 0.05) is 19.6 Å². The van der Waals surface area contributed by atoms with Crippen LogP contribution in [0.1, 0.15) is 30.4 Å². The number of urea groups is 1. The number of carbonyl (C=O) groups is 1. The Morgan fingerprint density at radius 3 is 2.67 bits per heavy atom. The summed E-state index contributed by atoms with van der Waals surface area (Å²) >= 11 is 0. The molecular weight excluding hydrogens is 266 g/mol. The van der Waals surface area contributed by atoms with E-state index in [9.17, 15) is 4.79 Å². The molecule has 1 saturated heterocycles. The van der Waals surface area contributed by atoms with E-state index in [-0.39, 0.29) is 12.6 Å². The van der Waals surface area contributed by atoms with Crippen molar-refractivity contribution < 1.29 is 9.90 Å². The van der Waals surface area contributed by atoms with Crippen molar-refractivity contribution in [3.05, 3.63) is 35.4 Å². The molecule has 0 spiro atoms. The number of piperidine rings is 1. The Hall–Kier alpha value is -1.59. The molecule has 5 heteroatoms. The summed E-state index contributed by atoms with van der Waals surface area (Å²) in [5.41, 5.74) is 1.85. The first-order valence-electron chi connectivity index (χ1n) is 7.70. The topological polar surface area (TPSA) is 64.6 Å². The van der Waals surface area contributed by atoms with Gasteiger partial charge < -0.3 is 20.6 Å². The highest BCUT2D eigenvalue weighted by atomic mass is 16.3. The predicted molar refractivity (Wildman–Crippen MR) is 82.9 cm³/mol. The third kappa shape index (κ3) is 5.73. The standard InChI is InChI=1S/C16H25N3O2/c20-13-15-6-4-5-14(11-15)12-18-16(21)17-7-10-19-8-2-1-3-9-19/h4-6,11,20H,1-3,7-10,12-13H2,(H2,17,18,21). The molecule has 1 aromatic rings. The minimum absolute atomic E-state index is 0.0237. The normalized spacial score (nSPS) is 15.7. The minimum Gasteiger partial charge on any atom is -0.392 e. The van der Waals surface area contributed by atoms with Crippen LogP contribution >= 0.6 is 0 Å². The van der Waals surface area contributed by atoms with E-state index in [2.05, 4.69) is 15.5 Å². The molecule has 3 N–H and O–H groups in total. The summed E-state index contributed by atoms with van der Waals surface area (Å²) in [6.45, 7) is 4.41. The monoisotopic (exact) mass is 291 g/mol. The van der Waals surface area contributed by atoms with E-state index >= 15 is 0 Å². The molecule has 1 aliphatic heterocycles. The number of benzene rings is 1. The molecule has 0 radical (unpaired) electrons. The maximum absolute atomic E-state index is 11.7. The number of carbonyl (C=O) groups excluding carboxylic acids is 1. The second-order valence-corrected chi connectivity index (χ2v) is 5.49. The maximum Gasteiger partial charge on any atom is 0.315 e. The van der Waals surface area contributed by atoms with Gasteiger partial charge in [0.2, 0.25) is 0 Å². The Balaban J connectivity index is 1.62. The van der Waals surface area contributed by atoms with E-state index in [1.807, 2.05) is 24.3 Å². The lowest BCUT2D eigenvalue weighted by molar-refractivity contribution is 0.220. The van der Waals surface area contributed by atoms with Crippen LogP contribution in [0.25, 0.3) is 0 Å². The molecule has 1 aromatic carbocycles. The van der Waals surface area contributed by atoms with Crippen molar-refractivity contribution in [3.63, 3.8) is 0 Å². The third-order valence-electron chi connectivity index (χ3n) is 3.79. The van der Waals surface area contributed by atoms with Gasteiger partial charge in [-0.15, -0.1) is 0 Å². The van der Waals surface area contributed by atoms with Gasteiger partial charge in [0.25, 0.3) is 0 Å². The number of hydrogen-bond acceptors (Lipinski definition) is 3. The van der Waals surface area contributed by atoms with Gasteiger partial charge in [0.05, 0.1) is 6.61 Å². The molecule has 0 aromatic heterocycles. The second kappa shape index (κ2) is 8.64. The summed E-state index contributed by atoms with van der Waals surface area (Å²) in [5.74, 6) is 0. The summed E-state index contributed by atoms with van der Waals surface area (Å²) in [6.07, 6.45) is 3.87. The molecule has 0 saturated carbocycles. The number of aliphatic hydroxyl groups excluding tert-OH is 1. The Morgan fingerprint density at radius 2 is 1.90 bits per heavy atom. The molecule has 0 aliphatic carbocycles. The van der Waals surface area contributed by atoms with Crippen molar-refractivity contribution in [2.75, 3.05) is 26.2 Å². The summed E-state index contributed by atoms with van der Waals surface area (Å²) < 4.78 is 0. The molecule has 2 amide bonds. The van der Waals surface area contributed by atoms with Crippen LogP contribution in [0.5, 0.6) is 0 Å². The highest BCUT2D eigenvalue weighted by Gasteiger charge is 2.09. The first-order chi connectivity index (χ1) is 10.3. The highest BCUT2D eigenvalue weighted by Crippen LogP contribution is 2.07. The van der Waals surface area contributed by atoms with E-state index in [0.29, 0.717) is 13.1 Å². The number of rotatable bonds is 6. The Labute approximate surface area is 126 Å². The lowest BCUT2D eigenvalue weighted by atomic mass is 10.1. The lowest BCUT2D eigenvalue weighted by Gasteiger charge is -2.26. The van der Waals surface area contributed by atoms with E-state index in [0.717, 1.165) is 30.8 Å². The summed E-state index contributed by atoms with van der Waals surface area (Å²) in [6, 6.07) is 7.45. The first kappa shape index (κ1) is 15.8. The van der Waals surface area contributed by atoms with Crippen molar-refractivity contribution in [1.82, 2.24) is 15.5 Å². The van der Waals surface area contributed by atoms with Gasteiger partial charge in [-0.25, -0.2) is 4.79 Å². The van der Waals surface area contributed by atoms with Gasteiger partial charge in [0.15, 0.2) is 0 Å². The Morgan fingerprint density at radius 1 is 1.14 bits per heavy atom. The molecule has 116 valence electrons. The van der Waals surface area contributed by atoms with Gasteiger partial charge >= 0.3 is 6.03 Å². The number of nitrogens with zero attached hydrogens (tertiary/aromatic N) is 1. The first-order valence-corrected chi connectivity index (χ1v) is 7.70. The summed E-state index contributed by atoms with van der Waals surface area (Å²) in [7, 11) is 0. The molecule has 5 nitrogen and oxygen atoms in total. The lowest BCUT2D eigenvalue weighted by Crippen LogP contribution is -2.41. The number of hydrogen-bond donors (Lipinski definition) is 3. The van der Waals surface area contributed by atoms with Crippen molar-refractivity contribution in [2.24, 2.45) is 0 Å².